The Labute approximate surface area is 78.2 Å². The Morgan fingerprint density at radius 2 is 2.54 bits per heavy atom. The van der Waals surface area contributed by atoms with Gasteiger partial charge < -0.3 is 5.32 Å². The van der Waals surface area contributed by atoms with E-state index in [-0.39, 0.29) is 6.04 Å². The number of aryl methyl sites for hydroxylation is 1. The molecule has 0 spiro atoms. The van der Waals surface area contributed by atoms with Crippen molar-refractivity contribution >= 4 is 0 Å². The minimum absolute atomic E-state index is 0.0864. The van der Waals surface area contributed by atoms with E-state index in [2.05, 4.69) is 16.5 Å². The van der Waals surface area contributed by atoms with Crippen LogP contribution in [-0.2, 0) is 6.54 Å². The molecule has 0 radical (unpaired) electrons. The third-order valence-corrected chi connectivity index (χ3v) is 1.75. The SMILES string of the molecule is Cc1cnn(CCNC(C)C#N)c1. The summed E-state index contributed by atoms with van der Waals surface area (Å²) in [7, 11) is 0. The topological polar surface area (TPSA) is 53.6 Å². The molecule has 0 fully saturated rings. The van der Waals surface area contributed by atoms with Gasteiger partial charge in [0, 0.05) is 12.7 Å². The molecule has 1 unspecified atom stereocenters. The molecule has 4 heteroatoms. The third kappa shape index (κ3) is 3.26. The van der Waals surface area contributed by atoms with Crippen molar-refractivity contribution in [3.8, 4) is 6.07 Å². The lowest BCUT2D eigenvalue weighted by Gasteiger charge is -2.05. The Morgan fingerprint density at radius 3 is 3.08 bits per heavy atom. The molecule has 1 aromatic heterocycles. The van der Waals surface area contributed by atoms with E-state index < -0.39 is 0 Å². The van der Waals surface area contributed by atoms with Gasteiger partial charge in [0.2, 0.25) is 0 Å². The number of rotatable bonds is 4. The third-order valence-electron chi connectivity index (χ3n) is 1.75. The molecule has 70 valence electrons. The lowest BCUT2D eigenvalue weighted by atomic mass is 10.4. The highest BCUT2D eigenvalue weighted by Gasteiger charge is 1.97. The minimum atomic E-state index is -0.0864. The largest absolute Gasteiger partial charge is 0.300 e. The first kappa shape index (κ1) is 9.75. The summed E-state index contributed by atoms with van der Waals surface area (Å²) < 4.78 is 1.87. The van der Waals surface area contributed by atoms with Gasteiger partial charge in [-0.1, -0.05) is 0 Å². The van der Waals surface area contributed by atoms with Crippen molar-refractivity contribution in [2.75, 3.05) is 6.54 Å². The van der Waals surface area contributed by atoms with Crippen molar-refractivity contribution in [1.82, 2.24) is 15.1 Å². The first-order valence-electron chi connectivity index (χ1n) is 4.34. The van der Waals surface area contributed by atoms with Crippen molar-refractivity contribution in [3.63, 3.8) is 0 Å². The van der Waals surface area contributed by atoms with E-state index in [0.717, 1.165) is 18.7 Å². The monoisotopic (exact) mass is 178 g/mol. The van der Waals surface area contributed by atoms with Gasteiger partial charge in [-0.05, 0) is 19.4 Å². The Bertz CT molecular complexity index is 297. The zero-order chi connectivity index (χ0) is 9.68. The number of nitriles is 1. The molecule has 1 heterocycles. The van der Waals surface area contributed by atoms with Crippen LogP contribution in [0.3, 0.4) is 0 Å². The van der Waals surface area contributed by atoms with E-state index >= 15 is 0 Å². The van der Waals surface area contributed by atoms with Gasteiger partial charge in [-0.3, -0.25) is 4.68 Å². The molecule has 0 bridgehead atoms. The molecule has 1 aromatic rings. The lowest BCUT2D eigenvalue weighted by Crippen LogP contribution is -2.28. The molecule has 1 N–H and O–H groups in total. The van der Waals surface area contributed by atoms with Gasteiger partial charge >= 0.3 is 0 Å². The fourth-order valence-corrected chi connectivity index (χ4v) is 1.03. The summed E-state index contributed by atoms with van der Waals surface area (Å²) in [6.07, 6.45) is 3.81. The zero-order valence-electron chi connectivity index (χ0n) is 7.99. The van der Waals surface area contributed by atoms with Crippen LogP contribution in [0.25, 0.3) is 0 Å². The standard InChI is InChI=1S/C9H14N4/c1-8-6-12-13(7-8)4-3-11-9(2)5-10/h6-7,9,11H,3-4H2,1-2H3. The van der Waals surface area contributed by atoms with E-state index in [0.29, 0.717) is 0 Å². The lowest BCUT2D eigenvalue weighted by molar-refractivity contribution is 0.538. The molecular weight excluding hydrogens is 164 g/mol. The van der Waals surface area contributed by atoms with Crippen molar-refractivity contribution < 1.29 is 0 Å². The molecule has 4 nitrogen and oxygen atoms in total. The first-order valence-corrected chi connectivity index (χ1v) is 4.34. The Morgan fingerprint density at radius 1 is 1.77 bits per heavy atom. The second-order valence-electron chi connectivity index (χ2n) is 3.09. The van der Waals surface area contributed by atoms with Crippen LogP contribution in [0.4, 0.5) is 0 Å². The highest BCUT2D eigenvalue weighted by molar-refractivity contribution is 4.99. The summed E-state index contributed by atoms with van der Waals surface area (Å²) in [5.74, 6) is 0. The van der Waals surface area contributed by atoms with Crippen LogP contribution >= 0.6 is 0 Å². The quantitative estimate of drug-likeness (QED) is 0.738. The highest BCUT2D eigenvalue weighted by Crippen LogP contribution is 1.92. The average molecular weight is 178 g/mol. The average Bonchev–Trinajstić information content (AvgIpc) is 2.51. The van der Waals surface area contributed by atoms with E-state index in [1.807, 2.05) is 30.9 Å². The van der Waals surface area contributed by atoms with E-state index in [1.165, 1.54) is 0 Å². The number of hydrogen-bond donors (Lipinski definition) is 1. The van der Waals surface area contributed by atoms with E-state index in [1.54, 1.807) is 0 Å². The van der Waals surface area contributed by atoms with Crippen LogP contribution < -0.4 is 5.32 Å². The number of nitrogens with one attached hydrogen (secondary N) is 1. The second-order valence-corrected chi connectivity index (χ2v) is 3.09. The zero-order valence-corrected chi connectivity index (χ0v) is 7.99. The molecule has 0 aromatic carbocycles. The van der Waals surface area contributed by atoms with Gasteiger partial charge in [0.25, 0.3) is 0 Å². The van der Waals surface area contributed by atoms with Crippen LogP contribution in [0.5, 0.6) is 0 Å². The predicted octanol–water partition coefficient (Wildman–Crippen LogP) is 0.693. The van der Waals surface area contributed by atoms with E-state index in [4.69, 9.17) is 5.26 Å². The molecule has 13 heavy (non-hydrogen) atoms. The highest BCUT2D eigenvalue weighted by atomic mass is 15.3. The van der Waals surface area contributed by atoms with Crippen molar-refractivity contribution in [2.45, 2.75) is 26.4 Å². The van der Waals surface area contributed by atoms with Crippen LogP contribution in [0.15, 0.2) is 12.4 Å². The molecule has 0 aliphatic carbocycles. The Kier molecular flexibility index (Phi) is 3.47. The van der Waals surface area contributed by atoms with Gasteiger partial charge in [0.1, 0.15) is 0 Å². The summed E-state index contributed by atoms with van der Waals surface area (Å²) >= 11 is 0. The molecule has 0 saturated carbocycles. The van der Waals surface area contributed by atoms with Crippen molar-refractivity contribution in [1.29, 1.82) is 5.26 Å². The summed E-state index contributed by atoms with van der Waals surface area (Å²) in [5.41, 5.74) is 1.16. The molecular formula is C9H14N4. The maximum atomic E-state index is 8.50. The van der Waals surface area contributed by atoms with Crippen LogP contribution in [0.2, 0.25) is 0 Å². The van der Waals surface area contributed by atoms with Crippen LogP contribution in [0.1, 0.15) is 12.5 Å². The predicted molar refractivity (Wildman–Crippen MR) is 50.0 cm³/mol. The molecule has 1 rings (SSSR count). The summed E-state index contributed by atoms with van der Waals surface area (Å²) in [5, 5.41) is 15.7. The fourth-order valence-electron chi connectivity index (χ4n) is 1.03. The number of nitrogens with zero attached hydrogens (tertiary/aromatic N) is 3. The second kappa shape index (κ2) is 4.63. The number of hydrogen-bond acceptors (Lipinski definition) is 3. The molecule has 0 aliphatic rings. The van der Waals surface area contributed by atoms with Gasteiger partial charge in [-0.15, -0.1) is 0 Å². The fraction of sp³-hybridized carbons (Fsp3) is 0.556. The smallest absolute Gasteiger partial charge is 0.0925 e. The Hall–Kier alpha value is -1.34. The van der Waals surface area contributed by atoms with Gasteiger partial charge in [0.05, 0.1) is 24.9 Å². The normalized spacial score (nSPS) is 12.4. The van der Waals surface area contributed by atoms with Gasteiger partial charge in [-0.25, -0.2) is 0 Å². The van der Waals surface area contributed by atoms with Crippen LogP contribution in [-0.4, -0.2) is 22.4 Å². The molecule has 0 saturated heterocycles. The van der Waals surface area contributed by atoms with Gasteiger partial charge in [-0.2, -0.15) is 10.4 Å². The maximum Gasteiger partial charge on any atom is 0.0925 e. The van der Waals surface area contributed by atoms with Gasteiger partial charge in [0.15, 0.2) is 0 Å². The Balaban J connectivity index is 2.25. The maximum absolute atomic E-state index is 8.50. The molecule has 0 aliphatic heterocycles. The summed E-state index contributed by atoms with van der Waals surface area (Å²) in [6.45, 7) is 5.43. The van der Waals surface area contributed by atoms with Crippen molar-refractivity contribution in [2.24, 2.45) is 0 Å². The molecule has 1 atom stereocenters. The molecule has 0 amide bonds. The number of aromatic nitrogens is 2. The summed E-state index contributed by atoms with van der Waals surface area (Å²) in [6, 6.07) is 2.03. The first-order chi connectivity index (χ1) is 6.22. The summed E-state index contributed by atoms with van der Waals surface area (Å²) in [4.78, 5) is 0. The minimum Gasteiger partial charge on any atom is -0.300 e. The van der Waals surface area contributed by atoms with Crippen LogP contribution in [0, 0.1) is 18.3 Å². The van der Waals surface area contributed by atoms with E-state index in [9.17, 15) is 0 Å². The van der Waals surface area contributed by atoms with Crippen molar-refractivity contribution in [3.05, 3.63) is 18.0 Å².